The van der Waals surface area contributed by atoms with E-state index in [0.29, 0.717) is 13.0 Å². The second-order valence-corrected chi connectivity index (χ2v) is 10.8. The van der Waals surface area contributed by atoms with Gasteiger partial charge in [0.15, 0.2) is 0 Å². The zero-order valence-electron chi connectivity index (χ0n) is 24.7. The molecule has 0 aliphatic carbocycles. The molecule has 0 heterocycles. The van der Waals surface area contributed by atoms with E-state index in [4.69, 9.17) is 4.74 Å². The van der Waals surface area contributed by atoms with Gasteiger partial charge in [-0.2, -0.15) is 0 Å². The summed E-state index contributed by atoms with van der Waals surface area (Å²) in [6.45, 7) is 5.16. The second kappa shape index (κ2) is 32.0. The van der Waals surface area contributed by atoms with Gasteiger partial charge >= 0.3 is 5.97 Å². The molecule has 0 aliphatic heterocycles. The average Bonchev–Trinajstić information content (AvgIpc) is 2.88. The predicted molar refractivity (Wildman–Crippen MR) is 161 cm³/mol. The molecule has 0 spiro atoms. The van der Waals surface area contributed by atoms with Crippen LogP contribution in [0.2, 0.25) is 0 Å². The van der Waals surface area contributed by atoms with Crippen molar-refractivity contribution in [2.24, 2.45) is 0 Å². The van der Waals surface area contributed by atoms with E-state index in [9.17, 15) is 4.79 Å². The zero-order valence-corrected chi connectivity index (χ0v) is 24.7. The Labute approximate surface area is 227 Å². The highest BCUT2D eigenvalue weighted by atomic mass is 16.5. The largest absolute Gasteiger partial charge is 0.466 e. The van der Waals surface area contributed by atoms with Crippen LogP contribution in [-0.4, -0.2) is 12.6 Å². The molecule has 0 aromatic heterocycles. The van der Waals surface area contributed by atoms with Crippen molar-refractivity contribution in [3.8, 4) is 0 Å². The fraction of sp³-hybridized carbons (Fsp3) is 0.853. The van der Waals surface area contributed by atoms with Crippen molar-refractivity contribution in [2.45, 2.75) is 181 Å². The van der Waals surface area contributed by atoms with Crippen molar-refractivity contribution in [3.63, 3.8) is 0 Å². The van der Waals surface area contributed by atoms with E-state index in [-0.39, 0.29) is 5.97 Å². The maximum absolute atomic E-state index is 11.9. The fourth-order valence-electron chi connectivity index (χ4n) is 4.59. The Balaban J connectivity index is 3.24. The summed E-state index contributed by atoms with van der Waals surface area (Å²) >= 11 is 0. The van der Waals surface area contributed by atoms with Crippen LogP contribution in [0.15, 0.2) is 24.3 Å². The molecule has 0 atom stereocenters. The first-order chi connectivity index (χ1) is 17.8. The highest BCUT2D eigenvalue weighted by Gasteiger charge is 2.02. The Bertz CT molecular complexity index is 438. The van der Waals surface area contributed by atoms with Crippen LogP contribution in [0.3, 0.4) is 0 Å². The molecule has 0 unspecified atom stereocenters. The van der Waals surface area contributed by atoms with Crippen molar-refractivity contribution in [3.05, 3.63) is 24.3 Å². The van der Waals surface area contributed by atoms with Crippen LogP contribution >= 0.6 is 0 Å². The van der Waals surface area contributed by atoms with Gasteiger partial charge in [0.1, 0.15) is 0 Å². The van der Waals surface area contributed by atoms with E-state index >= 15 is 0 Å². The summed E-state index contributed by atoms with van der Waals surface area (Å²) in [5.41, 5.74) is 0. The number of carbonyl (C=O) groups is 1. The van der Waals surface area contributed by atoms with E-state index in [1.807, 2.05) is 0 Å². The highest BCUT2D eigenvalue weighted by molar-refractivity contribution is 5.69. The molecule has 0 rings (SSSR count). The molecule has 0 saturated heterocycles. The Morgan fingerprint density at radius 2 is 0.778 bits per heavy atom. The number of carbonyl (C=O) groups excluding carboxylic acids is 1. The van der Waals surface area contributed by atoms with Crippen molar-refractivity contribution in [1.29, 1.82) is 0 Å². The summed E-state index contributed by atoms with van der Waals surface area (Å²) in [6, 6.07) is 0. The second-order valence-electron chi connectivity index (χ2n) is 10.8. The number of allylic oxidation sites excluding steroid dienone is 4. The maximum Gasteiger partial charge on any atom is 0.305 e. The van der Waals surface area contributed by atoms with Crippen LogP contribution in [0.1, 0.15) is 181 Å². The first-order valence-electron chi connectivity index (χ1n) is 16.3. The molecule has 0 saturated carbocycles. The summed E-state index contributed by atoms with van der Waals surface area (Å²) in [6.07, 6.45) is 42.2. The Kier molecular flexibility index (Phi) is 31.0. The highest BCUT2D eigenvalue weighted by Crippen LogP contribution is 2.11. The summed E-state index contributed by atoms with van der Waals surface area (Å²) in [5.74, 6) is 0.00487. The van der Waals surface area contributed by atoms with E-state index in [1.54, 1.807) is 0 Å². The molecule has 2 heteroatoms. The van der Waals surface area contributed by atoms with Crippen LogP contribution < -0.4 is 0 Å². The van der Waals surface area contributed by atoms with E-state index in [1.165, 1.54) is 141 Å². The molecular weight excluding hydrogens is 440 g/mol. The molecule has 0 aromatic carbocycles. The monoisotopic (exact) mass is 504 g/mol. The van der Waals surface area contributed by atoms with Gasteiger partial charge in [0, 0.05) is 6.42 Å². The third-order valence-corrected chi connectivity index (χ3v) is 7.06. The Morgan fingerprint density at radius 3 is 1.19 bits per heavy atom. The third-order valence-electron chi connectivity index (χ3n) is 7.06. The lowest BCUT2D eigenvalue weighted by molar-refractivity contribution is -0.143. The normalized spacial score (nSPS) is 11.7. The fourth-order valence-corrected chi connectivity index (χ4v) is 4.59. The number of unbranched alkanes of at least 4 members (excludes halogenated alkanes) is 21. The van der Waals surface area contributed by atoms with Crippen LogP contribution in [-0.2, 0) is 9.53 Å². The number of rotatable bonds is 29. The third kappa shape index (κ3) is 31.0. The number of esters is 1. The van der Waals surface area contributed by atoms with Crippen molar-refractivity contribution in [2.75, 3.05) is 6.61 Å². The van der Waals surface area contributed by atoms with Gasteiger partial charge in [0.05, 0.1) is 6.61 Å². The van der Waals surface area contributed by atoms with Crippen molar-refractivity contribution in [1.82, 2.24) is 0 Å². The molecule has 2 nitrogen and oxygen atoms in total. The summed E-state index contributed by atoms with van der Waals surface area (Å²) in [7, 11) is 0. The molecule has 212 valence electrons. The standard InChI is InChI=1S/C34H64O2/c1-3-5-7-9-11-13-15-17-19-20-22-24-26-28-30-32-34(35)36-33-31-29-27-25-23-21-18-16-14-12-10-8-6-4-2/h17-19,21H,3-16,20,22-33H2,1-2H3. The van der Waals surface area contributed by atoms with Crippen LogP contribution in [0.5, 0.6) is 0 Å². The summed E-state index contributed by atoms with van der Waals surface area (Å²) < 4.78 is 5.41. The van der Waals surface area contributed by atoms with Gasteiger partial charge in [-0.1, -0.05) is 134 Å². The van der Waals surface area contributed by atoms with Gasteiger partial charge in [0.2, 0.25) is 0 Å². The maximum atomic E-state index is 11.9. The predicted octanol–water partition coefficient (Wildman–Crippen LogP) is 11.8. The molecule has 0 aromatic rings. The van der Waals surface area contributed by atoms with Crippen LogP contribution in [0.4, 0.5) is 0 Å². The quantitative estimate of drug-likeness (QED) is 0.0575. The minimum Gasteiger partial charge on any atom is -0.466 e. The van der Waals surface area contributed by atoms with Crippen LogP contribution in [0.25, 0.3) is 0 Å². The molecule has 0 N–H and O–H groups in total. The van der Waals surface area contributed by atoms with E-state index < -0.39 is 0 Å². The minimum absolute atomic E-state index is 0.00487. The molecule has 36 heavy (non-hydrogen) atoms. The summed E-state index contributed by atoms with van der Waals surface area (Å²) in [4.78, 5) is 11.9. The van der Waals surface area contributed by atoms with Crippen LogP contribution in [0, 0.1) is 0 Å². The first-order valence-corrected chi connectivity index (χ1v) is 16.3. The Morgan fingerprint density at radius 1 is 0.444 bits per heavy atom. The zero-order chi connectivity index (χ0) is 26.2. The minimum atomic E-state index is 0.00487. The van der Waals surface area contributed by atoms with Gasteiger partial charge < -0.3 is 4.74 Å². The molecule has 0 bridgehead atoms. The molecule has 0 fully saturated rings. The van der Waals surface area contributed by atoms with Crippen molar-refractivity contribution < 1.29 is 9.53 Å². The summed E-state index contributed by atoms with van der Waals surface area (Å²) in [5, 5.41) is 0. The van der Waals surface area contributed by atoms with E-state index in [0.717, 1.165) is 19.3 Å². The molecular formula is C34H64O2. The van der Waals surface area contributed by atoms with Gasteiger partial charge in [-0.3, -0.25) is 4.79 Å². The lowest BCUT2D eigenvalue weighted by Gasteiger charge is -2.05. The number of ether oxygens (including phenoxy) is 1. The number of hydrogen-bond donors (Lipinski definition) is 0. The van der Waals surface area contributed by atoms with Crippen molar-refractivity contribution >= 4 is 5.97 Å². The lowest BCUT2D eigenvalue weighted by atomic mass is 10.1. The molecule has 0 amide bonds. The Hall–Kier alpha value is -1.05. The first kappa shape index (κ1) is 35.0. The van der Waals surface area contributed by atoms with Gasteiger partial charge in [-0.15, -0.1) is 0 Å². The SMILES string of the molecule is CCCCCCCCC=CCCCCCCCC(=O)OCCCCCCC=CCCCCCCCC. The topological polar surface area (TPSA) is 26.3 Å². The molecule has 0 aliphatic rings. The average molecular weight is 505 g/mol. The smallest absolute Gasteiger partial charge is 0.305 e. The van der Waals surface area contributed by atoms with Gasteiger partial charge in [-0.25, -0.2) is 0 Å². The molecule has 0 radical (unpaired) electrons. The van der Waals surface area contributed by atoms with Gasteiger partial charge in [-0.05, 0) is 64.2 Å². The lowest BCUT2D eigenvalue weighted by Crippen LogP contribution is -2.05. The number of hydrogen-bond acceptors (Lipinski definition) is 2. The van der Waals surface area contributed by atoms with Gasteiger partial charge in [0.25, 0.3) is 0 Å². The van der Waals surface area contributed by atoms with E-state index in [2.05, 4.69) is 38.2 Å².